The van der Waals surface area contributed by atoms with Crippen LogP contribution in [0.5, 0.6) is 6.01 Å². The molecule has 30 heavy (non-hydrogen) atoms. The number of hydrogen-bond acceptors (Lipinski definition) is 6. The molecule has 0 N–H and O–H groups in total. The van der Waals surface area contributed by atoms with Gasteiger partial charge < -0.3 is 9.64 Å². The number of alkyl halides is 3. The molecule has 1 aliphatic heterocycles. The SMILES string of the molecule is O=C(c1csc(-c2ccccc2)n1)N1CCCC(Oc2nccc(C(F)(F)F)n2)C1. The topological polar surface area (TPSA) is 68.2 Å². The molecule has 1 aliphatic rings. The van der Waals surface area contributed by atoms with Crippen molar-refractivity contribution in [1.29, 1.82) is 0 Å². The first kappa shape index (κ1) is 20.3. The van der Waals surface area contributed by atoms with Gasteiger partial charge in [-0.05, 0) is 18.9 Å². The number of carbonyl (C=O) groups is 1. The molecule has 3 heterocycles. The standard InChI is InChI=1S/C20H17F3N4O2S/c21-20(22,23)16-8-9-24-19(26-16)29-14-7-4-10-27(11-14)18(28)15-12-30-17(25-15)13-5-2-1-3-6-13/h1-3,5-6,8-9,12,14H,4,7,10-11H2. The van der Waals surface area contributed by atoms with Crippen LogP contribution in [0.3, 0.4) is 0 Å². The molecule has 1 aromatic carbocycles. The summed E-state index contributed by atoms with van der Waals surface area (Å²) in [6.07, 6.45) is -2.80. The van der Waals surface area contributed by atoms with Crippen molar-refractivity contribution >= 4 is 17.2 Å². The minimum absolute atomic E-state index is 0.230. The van der Waals surface area contributed by atoms with Crippen molar-refractivity contribution in [2.24, 2.45) is 0 Å². The average Bonchev–Trinajstić information content (AvgIpc) is 3.24. The van der Waals surface area contributed by atoms with E-state index >= 15 is 0 Å². The molecule has 0 radical (unpaired) electrons. The van der Waals surface area contributed by atoms with Gasteiger partial charge in [0.25, 0.3) is 5.91 Å². The number of piperidine rings is 1. The van der Waals surface area contributed by atoms with Gasteiger partial charge in [0.1, 0.15) is 16.8 Å². The second-order valence-corrected chi connectivity index (χ2v) is 7.62. The molecule has 0 bridgehead atoms. The van der Waals surface area contributed by atoms with Gasteiger partial charge in [0.2, 0.25) is 0 Å². The van der Waals surface area contributed by atoms with Crippen LogP contribution < -0.4 is 4.74 Å². The molecule has 1 atom stereocenters. The fraction of sp³-hybridized carbons (Fsp3) is 0.300. The molecule has 1 fully saturated rings. The summed E-state index contributed by atoms with van der Waals surface area (Å²) in [5, 5.41) is 2.46. The second kappa shape index (κ2) is 8.39. The van der Waals surface area contributed by atoms with Crippen LogP contribution in [-0.4, -0.2) is 45.0 Å². The number of hydrogen-bond donors (Lipinski definition) is 0. The van der Waals surface area contributed by atoms with E-state index in [4.69, 9.17) is 4.74 Å². The smallest absolute Gasteiger partial charge is 0.433 e. The minimum atomic E-state index is -4.57. The van der Waals surface area contributed by atoms with Gasteiger partial charge in [-0.3, -0.25) is 4.79 Å². The highest BCUT2D eigenvalue weighted by Gasteiger charge is 2.34. The molecule has 0 aliphatic carbocycles. The highest BCUT2D eigenvalue weighted by Crippen LogP contribution is 2.29. The van der Waals surface area contributed by atoms with Gasteiger partial charge in [-0.2, -0.15) is 18.2 Å². The first-order chi connectivity index (χ1) is 14.4. The highest BCUT2D eigenvalue weighted by molar-refractivity contribution is 7.13. The Balaban J connectivity index is 1.43. The molecule has 1 amide bonds. The summed E-state index contributed by atoms with van der Waals surface area (Å²) in [5.74, 6) is -0.230. The third-order valence-electron chi connectivity index (χ3n) is 4.61. The van der Waals surface area contributed by atoms with E-state index in [2.05, 4.69) is 15.0 Å². The molecule has 0 spiro atoms. The Bertz CT molecular complexity index is 1030. The normalized spacial score (nSPS) is 17.0. The van der Waals surface area contributed by atoms with Crippen LogP contribution in [0.1, 0.15) is 29.0 Å². The molecule has 1 unspecified atom stereocenters. The van der Waals surface area contributed by atoms with Gasteiger partial charge in [-0.25, -0.2) is 9.97 Å². The van der Waals surface area contributed by atoms with Crippen LogP contribution in [0, 0.1) is 0 Å². The number of ether oxygens (including phenoxy) is 1. The van der Waals surface area contributed by atoms with E-state index in [0.717, 1.165) is 22.8 Å². The predicted molar refractivity (Wildman–Crippen MR) is 104 cm³/mol. The van der Waals surface area contributed by atoms with Crippen LogP contribution in [0.25, 0.3) is 10.6 Å². The summed E-state index contributed by atoms with van der Waals surface area (Å²) >= 11 is 1.39. The van der Waals surface area contributed by atoms with E-state index in [0.29, 0.717) is 25.1 Å². The van der Waals surface area contributed by atoms with E-state index in [1.807, 2.05) is 30.3 Å². The number of amides is 1. The zero-order chi connectivity index (χ0) is 21.1. The van der Waals surface area contributed by atoms with Crippen molar-refractivity contribution in [3.8, 4) is 16.6 Å². The lowest BCUT2D eigenvalue weighted by Gasteiger charge is -2.32. The predicted octanol–water partition coefficient (Wildman–Crippen LogP) is 4.30. The second-order valence-electron chi connectivity index (χ2n) is 6.76. The number of thiazole rings is 1. The number of nitrogens with zero attached hydrogens (tertiary/aromatic N) is 4. The quantitative estimate of drug-likeness (QED) is 0.612. The lowest BCUT2D eigenvalue weighted by molar-refractivity contribution is -0.141. The van der Waals surface area contributed by atoms with Crippen molar-refractivity contribution in [3.63, 3.8) is 0 Å². The number of rotatable bonds is 4. The fourth-order valence-electron chi connectivity index (χ4n) is 3.17. The van der Waals surface area contributed by atoms with E-state index in [-0.39, 0.29) is 18.5 Å². The largest absolute Gasteiger partial charge is 0.458 e. The minimum Gasteiger partial charge on any atom is -0.458 e. The van der Waals surface area contributed by atoms with E-state index in [1.54, 1.807) is 10.3 Å². The Morgan fingerprint density at radius 1 is 1.17 bits per heavy atom. The number of likely N-dealkylation sites (tertiary alicyclic amines) is 1. The molecule has 6 nitrogen and oxygen atoms in total. The Morgan fingerprint density at radius 3 is 2.73 bits per heavy atom. The summed E-state index contributed by atoms with van der Waals surface area (Å²) < 4.78 is 44.0. The molecular weight excluding hydrogens is 417 g/mol. The third-order valence-corrected chi connectivity index (χ3v) is 5.50. The summed E-state index contributed by atoms with van der Waals surface area (Å²) in [6, 6.07) is 10.0. The average molecular weight is 434 g/mol. The first-order valence-electron chi connectivity index (χ1n) is 9.27. The van der Waals surface area contributed by atoms with Crippen LogP contribution in [0.4, 0.5) is 13.2 Å². The van der Waals surface area contributed by atoms with Crippen molar-refractivity contribution < 1.29 is 22.7 Å². The summed E-state index contributed by atoms with van der Waals surface area (Å²) in [5.41, 5.74) is 0.213. The third kappa shape index (κ3) is 4.59. The monoisotopic (exact) mass is 434 g/mol. The molecule has 0 saturated carbocycles. The summed E-state index contributed by atoms with van der Waals surface area (Å²) in [4.78, 5) is 26.1. The zero-order valence-corrected chi connectivity index (χ0v) is 16.5. The Labute approximate surface area is 174 Å². The van der Waals surface area contributed by atoms with E-state index in [1.165, 1.54) is 11.3 Å². The number of carbonyl (C=O) groups excluding carboxylic acids is 1. The van der Waals surface area contributed by atoms with Gasteiger partial charge in [0.05, 0.1) is 6.54 Å². The molecular formula is C20H17F3N4O2S. The van der Waals surface area contributed by atoms with Gasteiger partial charge in [0, 0.05) is 23.7 Å². The van der Waals surface area contributed by atoms with Crippen LogP contribution >= 0.6 is 11.3 Å². The van der Waals surface area contributed by atoms with E-state index in [9.17, 15) is 18.0 Å². The summed E-state index contributed by atoms with van der Waals surface area (Å²) in [7, 11) is 0. The fourth-order valence-corrected chi connectivity index (χ4v) is 3.97. The van der Waals surface area contributed by atoms with Gasteiger partial charge in [-0.15, -0.1) is 11.3 Å². The van der Waals surface area contributed by atoms with Gasteiger partial charge in [0.15, 0.2) is 5.69 Å². The van der Waals surface area contributed by atoms with Crippen molar-refractivity contribution in [1.82, 2.24) is 19.9 Å². The molecule has 2 aromatic heterocycles. The van der Waals surface area contributed by atoms with Crippen LogP contribution in [0.2, 0.25) is 0 Å². The maximum Gasteiger partial charge on any atom is 0.433 e. The number of benzene rings is 1. The highest BCUT2D eigenvalue weighted by atomic mass is 32.1. The first-order valence-corrected chi connectivity index (χ1v) is 10.2. The zero-order valence-electron chi connectivity index (χ0n) is 15.7. The van der Waals surface area contributed by atoms with Gasteiger partial charge in [-0.1, -0.05) is 30.3 Å². The lowest BCUT2D eigenvalue weighted by atomic mass is 10.1. The summed E-state index contributed by atoms with van der Waals surface area (Å²) in [6.45, 7) is 0.761. The maximum absolute atomic E-state index is 12.9. The molecule has 3 aromatic rings. The number of aromatic nitrogens is 3. The Kier molecular flexibility index (Phi) is 5.67. The van der Waals surface area contributed by atoms with Crippen LogP contribution in [0.15, 0.2) is 48.0 Å². The van der Waals surface area contributed by atoms with Crippen LogP contribution in [-0.2, 0) is 6.18 Å². The molecule has 1 saturated heterocycles. The Hall–Kier alpha value is -3.01. The van der Waals surface area contributed by atoms with Crippen molar-refractivity contribution in [2.45, 2.75) is 25.1 Å². The molecule has 156 valence electrons. The number of halogens is 3. The van der Waals surface area contributed by atoms with Gasteiger partial charge >= 0.3 is 12.2 Å². The maximum atomic E-state index is 12.9. The lowest BCUT2D eigenvalue weighted by Crippen LogP contribution is -2.44. The van der Waals surface area contributed by atoms with Crippen molar-refractivity contribution in [2.75, 3.05) is 13.1 Å². The molecule has 4 rings (SSSR count). The molecule has 10 heteroatoms. The van der Waals surface area contributed by atoms with Crippen molar-refractivity contribution in [3.05, 3.63) is 59.4 Å². The van der Waals surface area contributed by atoms with E-state index < -0.39 is 18.0 Å². The Morgan fingerprint density at radius 2 is 1.97 bits per heavy atom.